The third kappa shape index (κ3) is 1.17. The van der Waals surface area contributed by atoms with E-state index in [0.29, 0.717) is 5.75 Å². The highest BCUT2D eigenvalue weighted by molar-refractivity contribution is 6.13. The number of anilines is 1. The summed E-state index contributed by atoms with van der Waals surface area (Å²) in [7, 11) is 0. The van der Waals surface area contributed by atoms with Gasteiger partial charge in [0.05, 0.1) is 0 Å². The van der Waals surface area contributed by atoms with Crippen molar-refractivity contribution in [2.75, 3.05) is 11.9 Å². The Bertz CT molecular complexity index is 777. The molecule has 0 amide bonds. The highest BCUT2D eigenvalue weighted by atomic mass is 16.3. The summed E-state index contributed by atoms with van der Waals surface area (Å²) in [5.41, 5.74) is 2.16. The van der Waals surface area contributed by atoms with Gasteiger partial charge in [0.1, 0.15) is 5.75 Å². The van der Waals surface area contributed by atoms with Crippen LogP contribution in [0.25, 0.3) is 21.5 Å². The summed E-state index contributed by atoms with van der Waals surface area (Å²) < 4.78 is 0. The van der Waals surface area contributed by atoms with Crippen LogP contribution >= 0.6 is 0 Å². The average Bonchev–Trinajstić information content (AvgIpc) is 2.89. The van der Waals surface area contributed by atoms with E-state index in [2.05, 4.69) is 29.6 Å². The van der Waals surface area contributed by atoms with Gasteiger partial charge in [-0.2, -0.15) is 0 Å². The zero-order valence-corrected chi connectivity index (χ0v) is 9.90. The van der Waals surface area contributed by atoms with Crippen LogP contribution in [0, 0.1) is 0 Å². The Kier molecular flexibility index (Phi) is 1.84. The van der Waals surface area contributed by atoms with Crippen molar-refractivity contribution in [1.29, 1.82) is 0 Å². The molecule has 1 aliphatic rings. The van der Waals surface area contributed by atoms with Gasteiger partial charge in [-0.3, -0.25) is 0 Å². The van der Waals surface area contributed by atoms with Crippen molar-refractivity contribution < 1.29 is 5.11 Å². The first-order chi connectivity index (χ1) is 8.84. The number of phenolic OH excluding ortho intramolecular Hbond substituents is 1. The lowest BCUT2D eigenvalue weighted by Gasteiger charge is -2.10. The standard InChI is InChI=1S/C16H13NO/c18-15-9-14-11-4-2-1-3-10(11)5-6-12(14)16-13(15)7-8-17-16/h1-6,9,17-18H,7-8H2. The molecule has 2 N–H and O–H groups in total. The molecule has 0 unspecified atom stereocenters. The minimum absolute atomic E-state index is 0.416. The van der Waals surface area contributed by atoms with Gasteiger partial charge in [-0.1, -0.05) is 36.4 Å². The van der Waals surface area contributed by atoms with Crippen LogP contribution in [0.4, 0.5) is 5.69 Å². The van der Waals surface area contributed by atoms with E-state index in [4.69, 9.17) is 0 Å². The van der Waals surface area contributed by atoms with Gasteiger partial charge in [0, 0.05) is 23.2 Å². The molecule has 3 aromatic carbocycles. The second kappa shape index (κ2) is 3.39. The smallest absolute Gasteiger partial charge is 0.121 e. The van der Waals surface area contributed by atoms with E-state index in [0.717, 1.165) is 29.6 Å². The molecule has 88 valence electrons. The van der Waals surface area contributed by atoms with Gasteiger partial charge in [-0.25, -0.2) is 0 Å². The van der Waals surface area contributed by atoms with Crippen LogP contribution in [-0.4, -0.2) is 11.7 Å². The highest BCUT2D eigenvalue weighted by Crippen LogP contribution is 2.40. The van der Waals surface area contributed by atoms with Gasteiger partial charge in [0.15, 0.2) is 0 Å². The maximum atomic E-state index is 10.1. The van der Waals surface area contributed by atoms with E-state index in [1.165, 1.54) is 16.2 Å². The molecular weight excluding hydrogens is 222 g/mol. The lowest BCUT2D eigenvalue weighted by Crippen LogP contribution is -1.92. The van der Waals surface area contributed by atoms with E-state index in [-0.39, 0.29) is 0 Å². The molecule has 1 heterocycles. The normalized spacial score (nSPS) is 13.8. The summed E-state index contributed by atoms with van der Waals surface area (Å²) in [4.78, 5) is 0. The van der Waals surface area contributed by atoms with Crippen molar-refractivity contribution in [2.45, 2.75) is 6.42 Å². The van der Waals surface area contributed by atoms with Crippen molar-refractivity contribution in [2.24, 2.45) is 0 Å². The van der Waals surface area contributed by atoms with Crippen LogP contribution in [0.1, 0.15) is 5.56 Å². The Labute approximate surface area is 105 Å². The number of aromatic hydroxyl groups is 1. The Hall–Kier alpha value is -2.22. The Morgan fingerprint density at radius 3 is 2.78 bits per heavy atom. The van der Waals surface area contributed by atoms with Gasteiger partial charge >= 0.3 is 0 Å². The summed E-state index contributed by atoms with van der Waals surface area (Å²) in [6, 6.07) is 14.5. The Morgan fingerprint density at radius 2 is 1.83 bits per heavy atom. The van der Waals surface area contributed by atoms with Crippen LogP contribution in [0.15, 0.2) is 42.5 Å². The summed E-state index contributed by atoms with van der Waals surface area (Å²) in [6.45, 7) is 0.912. The molecule has 0 aliphatic carbocycles. The SMILES string of the molecule is Oc1cc2c(ccc3ccccc32)c2c1CCN2. The maximum absolute atomic E-state index is 10.1. The predicted octanol–water partition coefficient (Wildman–Crippen LogP) is 3.67. The molecule has 0 aromatic heterocycles. The van der Waals surface area contributed by atoms with Crippen LogP contribution in [0.3, 0.4) is 0 Å². The van der Waals surface area contributed by atoms with Crippen LogP contribution < -0.4 is 5.32 Å². The minimum atomic E-state index is 0.416. The van der Waals surface area contributed by atoms with E-state index in [1.807, 2.05) is 18.2 Å². The third-order valence-electron chi connectivity index (χ3n) is 3.81. The predicted molar refractivity (Wildman–Crippen MR) is 75.3 cm³/mol. The zero-order chi connectivity index (χ0) is 12.1. The summed E-state index contributed by atoms with van der Waals surface area (Å²) in [5.74, 6) is 0.416. The van der Waals surface area contributed by atoms with Gasteiger partial charge in [0.25, 0.3) is 0 Å². The van der Waals surface area contributed by atoms with E-state index >= 15 is 0 Å². The van der Waals surface area contributed by atoms with Crippen molar-refractivity contribution in [1.82, 2.24) is 0 Å². The number of rotatable bonds is 0. The quantitative estimate of drug-likeness (QED) is 0.583. The average molecular weight is 235 g/mol. The first-order valence-electron chi connectivity index (χ1n) is 6.25. The molecule has 0 saturated carbocycles. The molecule has 0 atom stereocenters. The second-order valence-electron chi connectivity index (χ2n) is 4.81. The molecule has 2 nitrogen and oxygen atoms in total. The Morgan fingerprint density at radius 1 is 0.944 bits per heavy atom. The highest BCUT2D eigenvalue weighted by Gasteiger charge is 2.18. The number of phenols is 1. The molecule has 0 bridgehead atoms. The molecule has 0 spiro atoms. The molecule has 4 rings (SSSR count). The third-order valence-corrected chi connectivity index (χ3v) is 3.81. The van der Waals surface area contributed by atoms with Crippen LogP contribution in [-0.2, 0) is 6.42 Å². The van der Waals surface area contributed by atoms with Crippen molar-refractivity contribution in [3.63, 3.8) is 0 Å². The van der Waals surface area contributed by atoms with E-state index < -0.39 is 0 Å². The number of hydrogen-bond acceptors (Lipinski definition) is 2. The maximum Gasteiger partial charge on any atom is 0.121 e. The van der Waals surface area contributed by atoms with Crippen molar-refractivity contribution in [3.05, 3.63) is 48.0 Å². The fourth-order valence-corrected chi connectivity index (χ4v) is 2.95. The lowest BCUT2D eigenvalue weighted by molar-refractivity contribution is 0.471. The second-order valence-corrected chi connectivity index (χ2v) is 4.81. The molecule has 0 radical (unpaired) electrons. The fraction of sp³-hybridized carbons (Fsp3) is 0.125. The van der Waals surface area contributed by atoms with E-state index in [9.17, 15) is 5.11 Å². The zero-order valence-electron chi connectivity index (χ0n) is 9.90. The first kappa shape index (κ1) is 9.77. The van der Waals surface area contributed by atoms with Crippen LogP contribution in [0.2, 0.25) is 0 Å². The van der Waals surface area contributed by atoms with Crippen molar-refractivity contribution >= 4 is 27.2 Å². The molecule has 3 aromatic rings. The van der Waals surface area contributed by atoms with Crippen molar-refractivity contribution in [3.8, 4) is 5.75 Å². The van der Waals surface area contributed by atoms with Gasteiger partial charge < -0.3 is 10.4 Å². The van der Waals surface area contributed by atoms with E-state index in [1.54, 1.807) is 0 Å². The minimum Gasteiger partial charge on any atom is -0.508 e. The Balaban J connectivity index is 2.24. The lowest BCUT2D eigenvalue weighted by atomic mass is 9.98. The number of nitrogens with one attached hydrogen (secondary N) is 1. The number of hydrogen-bond donors (Lipinski definition) is 2. The topological polar surface area (TPSA) is 32.3 Å². The summed E-state index contributed by atoms with van der Waals surface area (Å²) in [5, 5.41) is 18.3. The van der Waals surface area contributed by atoms with Gasteiger partial charge in [-0.15, -0.1) is 0 Å². The molecule has 18 heavy (non-hydrogen) atoms. The van der Waals surface area contributed by atoms with Gasteiger partial charge in [-0.05, 0) is 28.6 Å². The first-order valence-corrected chi connectivity index (χ1v) is 6.25. The molecular formula is C16H13NO. The molecule has 1 aliphatic heterocycles. The largest absolute Gasteiger partial charge is 0.508 e. The van der Waals surface area contributed by atoms with Crippen LogP contribution in [0.5, 0.6) is 5.75 Å². The monoisotopic (exact) mass is 235 g/mol. The number of fused-ring (bicyclic) bond motifs is 5. The molecule has 0 fully saturated rings. The molecule has 2 heteroatoms. The molecule has 0 saturated heterocycles. The van der Waals surface area contributed by atoms with Gasteiger partial charge in [0.2, 0.25) is 0 Å². The summed E-state index contributed by atoms with van der Waals surface area (Å²) >= 11 is 0. The fourth-order valence-electron chi connectivity index (χ4n) is 2.95. The number of benzene rings is 3. The summed E-state index contributed by atoms with van der Waals surface area (Å²) in [6.07, 6.45) is 0.907.